The molecule has 0 aromatic carbocycles. The highest BCUT2D eigenvalue weighted by molar-refractivity contribution is 4.94. The molecule has 2 unspecified atom stereocenters. The number of aromatic nitrogens is 2. The van der Waals surface area contributed by atoms with Crippen LogP contribution in [0.25, 0.3) is 0 Å². The van der Waals surface area contributed by atoms with Crippen LogP contribution in [0.2, 0.25) is 0 Å². The van der Waals surface area contributed by atoms with Crippen LogP contribution in [0.15, 0.2) is 4.52 Å². The zero-order chi connectivity index (χ0) is 12.9. The molecule has 6 nitrogen and oxygen atoms in total. The maximum Gasteiger partial charge on any atom is 0.226 e. The molecule has 1 aromatic heterocycles. The van der Waals surface area contributed by atoms with E-state index in [2.05, 4.69) is 15.5 Å². The first-order chi connectivity index (χ1) is 9.42. The minimum absolute atomic E-state index is 0.0721. The van der Waals surface area contributed by atoms with E-state index >= 15 is 0 Å². The van der Waals surface area contributed by atoms with Gasteiger partial charge in [0.2, 0.25) is 11.7 Å². The summed E-state index contributed by atoms with van der Waals surface area (Å²) in [6.07, 6.45) is 5.64. The molecule has 0 aliphatic carbocycles. The summed E-state index contributed by atoms with van der Waals surface area (Å²) < 4.78 is 16.6. The minimum atomic E-state index is -0.0721. The molecular weight excluding hydrogens is 246 g/mol. The zero-order valence-electron chi connectivity index (χ0n) is 11.1. The summed E-state index contributed by atoms with van der Waals surface area (Å²) in [5.41, 5.74) is 0. The van der Waals surface area contributed by atoms with Crippen molar-refractivity contribution in [3.8, 4) is 0 Å². The number of morpholine rings is 1. The molecule has 0 spiro atoms. The number of nitrogens with one attached hydrogen (secondary N) is 1. The molecule has 2 aliphatic heterocycles. The molecule has 0 bridgehead atoms. The Hall–Kier alpha value is -0.980. The molecule has 0 saturated carbocycles. The highest BCUT2D eigenvalue weighted by atomic mass is 16.5. The lowest BCUT2D eigenvalue weighted by Gasteiger charge is -2.21. The Balaban J connectivity index is 1.49. The minimum Gasteiger partial charge on any atom is -0.378 e. The van der Waals surface area contributed by atoms with Crippen LogP contribution in [-0.2, 0) is 15.9 Å². The fraction of sp³-hybridized carbons (Fsp3) is 0.846. The molecule has 3 heterocycles. The highest BCUT2D eigenvalue weighted by Crippen LogP contribution is 2.19. The van der Waals surface area contributed by atoms with Crippen molar-refractivity contribution in [2.45, 2.75) is 44.3 Å². The lowest BCUT2D eigenvalue weighted by Crippen LogP contribution is -2.33. The molecular formula is C13H21N3O3. The van der Waals surface area contributed by atoms with E-state index in [4.69, 9.17) is 14.0 Å². The summed E-state index contributed by atoms with van der Waals surface area (Å²) in [5, 5.41) is 7.27. The second kappa shape index (κ2) is 6.45. The van der Waals surface area contributed by atoms with Crippen molar-refractivity contribution in [1.82, 2.24) is 15.5 Å². The Morgan fingerprint density at radius 1 is 1.21 bits per heavy atom. The number of ether oxygens (including phenoxy) is 2. The largest absolute Gasteiger partial charge is 0.378 e. The maximum absolute atomic E-state index is 5.70. The summed E-state index contributed by atoms with van der Waals surface area (Å²) in [6.45, 7) is 3.23. The van der Waals surface area contributed by atoms with Crippen molar-refractivity contribution in [3.63, 3.8) is 0 Å². The molecule has 1 N–H and O–H groups in total. The third kappa shape index (κ3) is 3.52. The summed E-state index contributed by atoms with van der Waals surface area (Å²) in [7, 11) is 0. The third-order valence-electron chi connectivity index (χ3n) is 3.65. The third-order valence-corrected chi connectivity index (χ3v) is 3.65. The molecule has 1 aromatic rings. The number of aryl methyl sites for hydroxylation is 1. The molecule has 19 heavy (non-hydrogen) atoms. The van der Waals surface area contributed by atoms with Gasteiger partial charge >= 0.3 is 0 Å². The van der Waals surface area contributed by atoms with Gasteiger partial charge in [0.25, 0.3) is 0 Å². The Kier molecular flexibility index (Phi) is 4.42. The smallest absolute Gasteiger partial charge is 0.226 e. The van der Waals surface area contributed by atoms with Crippen molar-refractivity contribution in [3.05, 3.63) is 11.7 Å². The molecule has 0 amide bonds. The Morgan fingerprint density at radius 3 is 3.00 bits per heavy atom. The number of hydrogen-bond donors (Lipinski definition) is 1. The second-order valence-corrected chi connectivity index (χ2v) is 5.14. The lowest BCUT2D eigenvalue weighted by molar-refractivity contribution is 0.0104. The van der Waals surface area contributed by atoms with Gasteiger partial charge in [-0.15, -0.1) is 0 Å². The van der Waals surface area contributed by atoms with Crippen LogP contribution in [0, 0.1) is 0 Å². The second-order valence-electron chi connectivity index (χ2n) is 5.14. The first kappa shape index (κ1) is 13.0. The zero-order valence-corrected chi connectivity index (χ0v) is 11.1. The molecule has 2 fully saturated rings. The van der Waals surface area contributed by atoms with Gasteiger partial charge in [-0.2, -0.15) is 4.98 Å². The van der Waals surface area contributed by atoms with Crippen LogP contribution in [-0.4, -0.2) is 42.5 Å². The molecule has 2 saturated heterocycles. The van der Waals surface area contributed by atoms with Crippen molar-refractivity contribution < 1.29 is 14.0 Å². The molecule has 3 rings (SSSR count). The topological polar surface area (TPSA) is 69.4 Å². The Morgan fingerprint density at radius 2 is 2.21 bits per heavy atom. The first-order valence-corrected chi connectivity index (χ1v) is 7.18. The lowest BCUT2D eigenvalue weighted by atomic mass is 10.0. The van der Waals surface area contributed by atoms with E-state index in [0.29, 0.717) is 24.4 Å². The van der Waals surface area contributed by atoms with Crippen molar-refractivity contribution in [2.24, 2.45) is 0 Å². The van der Waals surface area contributed by atoms with Gasteiger partial charge in [-0.05, 0) is 25.7 Å². The Labute approximate surface area is 112 Å². The highest BCUT2D eigenvalue weighted by Gasteiger charge is 2.22. The van der Waals surface area contributed by atoms with Crippen LogP contribution < -0.4 is 5.32 Å². The van der Waals surface area contributed by atoms with E-state index in [1.54, 1.807) is 0 Å². The average Bonchev–Trinajstić information content (AvgIpc) is 2.96. The van der Waals surface area contributed by atoms with E-state index in [1.807, 2.05) is 0 Å². The fourth-order valence-electron chi connectivity index (χ4n) is 2.55. The summed E-state index contributed by atoms with van der Waals surface area (Å²) in [6, 6.07) is 0. The van der Waals surface area contributed by atoms with Gasteiger partial charge in [0.1, 0.15) is 6.10 Å². The predicted molar refractivity (Wildman–Crippen MR) is 67.8 cm³/mol. The molecule has 0 radical (unpaired) electrons. The van der Waals surface area contributed by atoms with E-state index in [-0.39, 0.29) is 6.10 Å². The van der Waals surface area contributed by atoms with Crippen LogP contribution >= 0.6 is 0 Å². The Bertz CT molecular complexity index is 384. The maximum atomic E-state index is 5.70. The normalized spacial score (nSPS) is 28.4. The predicted octanol–water partition coefficient (Wildman–Crippen LogP) is 1.23. The average molecular weight is 267 g/mol. The SMILES string of the molecule is C1CCC(CCc2nc(C3CNCCO3)no2)OC1. The van der Waals surface area contributed by atoms with Gasteiger partial charge in [-0.1, -0.05) is 5.16 Å². The summed E-state index contributed by atoms with van der Waals surface area (Å²) in [5.74, 6) is 1.35. The van der Waals surface area contributed by atoms with Crippen LogP contribution in [0.5, 0.6) is 0 Å². The van der Waals surface area contributed by atoms with E-state index in [1.165, 1.54) is 12.8 Å². The van der Waals surface area contributed by atoms with E-state index < -0.39 is 0 Å². The summed E-state index contributed by atoms with van der Waals surface area (Å²) in [4.78, 5) is 4.42. The van der Waals surface area contributed by atoms with E-state index in [0.717, 1.165) is 39.0 Å². The van der Waals surface area contributed by atoms with Gasteiger partial charge in [-0.25, -0.2) is 0 Å². The van der Waals surface area contributed by atoms with Crippen LogP contribution in [0.3, 0.4) is 0 Å². The van der Waals surface area contributed by atoms with E-state index in [9.17, 15) is 0 Å². The molecule has 2 atom stereocenters. The number of rotatable bonds is 4. The van der Waals surface area contributed by atoms with Gasteiger partial charge in [0.15, 0.2) is 0 Å². The first-order valence-electron chi connectivity index (χ1n) is 7.18. The molecule has 6 heteroatoms. The van der Waals surface area contributed by atoms with Crippen molar-refractivity contribution in [2.75, 3.05) is 26.3 Å². The summed E-state index contributed by atoms with van der Waals surface area (Å²) >= 11 is 0. The quantitative estimate of drug-likeness (QED) is 0.885. The van der Waals surface area contributed by atoms with Gasteiger partial charge in [0, 0.05) is 26.1 Å². The standard InChI is InChI=1S/C13H21N3O3/c1-2-7-17-10(3-1)4-5-12-15-13(16-19-12)11-9-14-6-8-18-11/h10-11,14H,1-9H2. The fourth-order valence-corrected chi connectivity index (χ4v) is 2.55. The number of hydrogen-bond acceptors (Lipinski definition) is 6. The van der Waals surface area contributed by atoms with Gasteiger partial charge in [0.05, 0.1) is 12.7 Å². The van der Waals surface area contributed by atoms with Crippen molar-refractivity contribution >= 4 is 0 Å². The van der Waals surface area contributed by atoms with Gasteiger partial charge in [-0.3, -0.25) is 0 Å². The monoisotopic (exact) mass is 267 g/mol. The van der Waals surface area contributed by atoms with Gasteiger partial charge < -0.3 is 19.3 Å². The number of nitrogens with zero attached hydrogens (tertiary/aromatic N) is 2. The molecule has 2 aliphatic rings. The van der Waals surface area contributed by atoms with Crippen LogP contribution in [0.1, 0.15) is 43.5 Å². The van der Waals surface area contributed by atoms with Crippen molar-refractivity contribution in [1.29, 1.82) is 0 Å². The van der Waals surface area contributed by atoms with Crippen LogP contribution in [0.4, 0.5) is 0 Å². The molecule has 106 valence electrons.